The van der Waals surface area contributed by atoms with Crippen molar-refractivity contribution in [3.05, 3.63) is 58.7 Å². The van der Waals surface area contributed by atoms with Crippen LogP contribution in [0, 0.1) is 23.7 Å². The normalized spacial score (nSPS) is 18.7. The van der Waals surface area contributed by atoms with Crippen LogP contribution < -0.4 is 5.73 Å². The van der Waals surface area contributed by atoms with Crippen molar-refractivity contribution < 1.29 is 9.53 Å². The van der Waals surface area contributed by atoms with Crippen molar-refractivity contribution in [1.82, 2.24) is 20.1 Å². The predicted molar refractivity (Wildman–Crippen MR) is 124 cm³/mol. The fourth-order valence-electron chi connectivity index (χ4n) is 4.80. The lowest BCUT2D eigenvalue weighted by atomic mass is 9.71. The quantitative estimate of drug-likeness (QED) is 0.483. The van der Waals surface area contributed by atoms with Crippen LogP contribution in [-0.4, -0.2) is 45.8 Å². The molecule has 9 heteroatoms. The number of thiazole rings is 1. The van der Waals surface area contributed by atoms with Crippen LogP contribution >= 0.6 is 11.3 Å². The second kappa shape index (κ2) is 7.13. The standard InChI is InChI=1S/C24H20N6O2S/c1-13-5-16(7-18-17(13)9-27-29-18)20-19(15-4-2-3-14(6-15)8-25)28-22(33-20)21-24(12-32-21)10-30(11-24)23(26)31/h2-7,9,21H,10-12H2,1H3,(H2,26,31)(H,27,29). The molecule has 4 heterocycles. The average molecular weight is 457 g/mol. The third-order valence-corrected chi connectivity index (χ3v) is 7.73. The molecule has 2 fully saturated rings. The monoisotopic (exact) mass is 456 g/mol. The number of amides is 2. The summed E-state index contributed by atoms with van der Waals surface area (Å²) in [6.07, 6.45) is 1.65. The second-order valence-corrected chi connectivity index (χ2v) is 9.83. The Balaban J connectivity index is 1.47. The minimum Gasteiger partial charge on any atom is -0.369 e. The summed E-state index contributed by atoms with van der Waals surface area (Å²) in [4.78, 5) is 19.2. The largest absolute Gasteiger partial charge is 0.369 e. The SMILES string of the molecule is Cc1cc(-c2sc(C3OCC34CN(C(N)=O)C4)nc2-c2cccc(C#N)c2)cc2[nH]ncc12. The molecule has 164 valence electrons. The Morgan fingerprint density at radius 1 is 1.33 bits per heavy atom. The molecule has 6 rings (SSSR count). The van der Waals surface area contributed by atoms with E-state index in [0.717, 1.165) is 43.2 Å². The zero-order valence-corrected chi connectivity index (χ0v) is 18.6. The maximum Gasteiger partial charge on any atom is 0.314 e. The van der Waals surface area contributed by atoms with Crippen LogP contribution in [0.5, 0.6) is 0 Å². The molecule has 2 saturated heterocycles. The molecule has 1 spiro atoms. The zero-order valence-electron chi connectivity index (χ0n) is 17.8. The van der Waals surface area contributed by atoms with E-state index in [9.17, 15) is 10.1 Å². The Bertz CT molecular complexity index is 1460. The van der Waals surface area contributed by atoms with Crippen molar-refractivity contribution in [1.29, 1.82) is 5.26 Å². The number of hydrogen-bond acceptors (Lipinski definition) is 6. The van der Waals surface area contributed by atoms with E-state index in [-0.39, 0.29) is 11.5 Å². The number of fused-ring (bicyclic) bond motifs is 1. The number of nitrogens with one attached hydrogen (secondary N) is 1. The topological polar surface area (TPSA) is 121 Å². The molecule has 2 amide bonds. The molecule has 2 aliphatic rings. The van der Waals surface area contributed by atoms with Crippen LogP contribution in [0.2, 0.25) is 0 Å². The number of carbonyl (C=O) groups is 1. The third kappa shape index (κ3) is 3.03. The highest BCUT2D eigenvalue weighted by Crippen LogP contribution is 2.54. The van der Waals surface area contributed by atoms with Crippen molar-refractivity contribution in [2.45, 2.75) is 13.0 Å². The number of hydrogen-bond donors (Lipinski definition) is 2. The molecule has 0 saturated carbocycles. The number of likely N-dealkylation sites (tertiary alicyclic amines) is 1. The summed E-state index contributed by atoms with van der Waals surface area (Å²) in [5, 5.41) is 18.6. The van der Waals surface area contributed by atoms with Crippen molar-refractivity contribution in [3.8, 4) is 27.8 Å². The smallest absolute Gasteiger partial charge is 0.314 e. The van der Waals surface area contributed by atoms with Crippen LogP contribution in [0.4, 0.5) is 4.79 Å². The Kier molecular flexibility index (Phi) is 4.30. The first-order valence-corrected chi connectivity index (χ1v) is 11.4. The van der Waals surface area contributed by atoms with Crippen molar-refractivity contribution in [2.24, 2.45) is 11.1 Å². The predicted octanol–water partition coefficient (Wildman–Crippen LogP) is 3.99. The summed E-state index contributed by atoms with van der Waals surface area (Å²) in [6.45, 7) is 3.83. The molecule has 2 aliphatic heterocycles. The number of primary amides is 1. The number of rotatable bonds is 3. The molecule has 2 aromatic carbocycles. The van der Waals surface area contributed by atoms with Gasteiger partial charge in [-0.05, 0) is 42.3 Å². The maximum atomic E-state index is 11.5. The Morgan fingerprint density at radius 3 is 2.91 bits per heavy atom. The van der Waals surface area contributed by atoms with Gasteiger partial charge in [-0.1, -0.05) is 12.1 Å². The summed E-state index contributed by atoms with van der Waals surface area (Å²) in [5.41, 5.74) is 10.7. The number of aromatic nitrogens is 3. The number of H-pyrrole nitrogens is 1. The number of aromatic amines is 1. The number of urea groups is 1. The van der Waals surface area contributed by atoms with E-state index < -0.39 is 6.03 Å². The van der Waals surface area contributed by atoms with E-state index in [1.54, 1.807) is 22.3 Å². The third-order valence-electron chi connectivity index (χ3n) is 6.58. The summed E-state index contributed by atoms with van der Waals surface area (Å²) in [6, 6.07) is 13.5. The zero-order chi connectivity index (χ0) is 22.7. The number of nitriles is 1. The Morgan fingerprint density at radius 2 is 2.18 bits per heavy atom. The first-order valence-electron chi connectivity index (χ1n) is 10.6. The summed E-state index contributed by atoms with van der Waals surface area (Å²) >= 11 is 1.60. The fourth-order valence-corrected chi connectivity index (χ4v) is 6.07. The first-order chi connectivity index (χ1) is 16.0. The molecule has 33 heavy (non-hydrogen) atoms. The lowest BCUT2D eigenvalue weighted by molar-refractivity contribution is -0.240. The van der Waals surface area contributed by atoms with Gasteiger partial charge in [-0.15, -0.1) is 11.3 Å². The first kappa shape index (κ1) is 19.9. The van der Waals surface area contributed by atoms with Crippen molar-refractivity contribution in [2.75, 3.05) is 19.7 Å². The number of benzene rings is 2. The maximum absolute atomic E-state index is 11.5. The van der Waals surface area contributed by atoms with Crippen LogP contribution in [-0.2, 0) is 4.74 Å². The van der Waals surface area contributed by atoms with Crippen molar-refractivity contribution in [3.63, 3.8) is 0 Å². The number of ether oxygens (including phenoxy) is 1. The van der Waals surface area contributed by atoms with Crippen molar-refractivity contribution >= 4 is 28.3 Å². The summed E-state index contributed by atoms with van der Waals surface area (Å²) in [7, 11) is 0. The average Bonchev–Trinajstić information content (AvgIpc) is 3.39. The van der Waals surface area contributed by atoms with Crippen LogP contribution in [0.25, 0.3) is 32.6 Å². The molecule has 0 radical (unpaired) electrons. The van der Waals surface area contributed by atoms with Crippen LogP contribution in [0.3, 0.4) is 0 Å². The van der Waals surface area contributed by atoms with Gasteiger partial charge in [0.25, 0.3) is 0 Å². The van der Waals surface area contributed by atoms with Gasteiger partial charge in [-0.3, -0.25) is 5.10 Å². The van der Waals surface area contributed by atoms with E-state index in [1.165, 1.54) is 0 Å². The lowest BCUT2D eigenvalue weighted by Gasteiger charge is -2.58. The minimum absolute atomic E-state index is 0.126. The Labute approximate surface area is 193 Å². The van der Waals surface area contributed by atoms with Gasteiger partial charge in [0.05, 0.1) is 45.9 Å². The molecule has 8 nitrogen and oxygen atoms in total. The van der Waals surface area contributed by atoms with Gasteiger partial charge in [0.2, 0.25) is 0 Å². The molecule has 0 bridgehead atoms. The molecule has 4 aromatic rings. The second-order valence-electron chi connectivity index (χ2n) is 8.79. The van der Waals surface area contributed by atoms with Gasteiger partial charge in [0.1, 0.15) is 11.1 Å². The molecule has 1 atom stereocenters. The van der Waals surface area contributed by atoms with E-state index in [0.29, 0.717) is 25.3 Å². The van der Waals surface area contributed by atoms with Crippen LogP contribution in [0.1, 0.15) is 22.2 Å². The van der Waals surface area contributed by atoms with Gasteiger partial charge < -0.3 is 15.4 Å². The molecule has 0 aliphatic carbocycles. The lowest BCUT2D eigenvalue weighted by Crippen LogP contribution is -2.69. The van der Waals surface area contributed by atoms with Gasteiger partial charge in [-0.25, -0.2) is 9.78 Å². The highest BCUT2D eigenvalue weighted by molar-refractivity contribution is 7.15. The highest BCUT2D eigenvalue weighted by atomic mass is 32.1. The Hall–Kier alpha value is -3.74. The number of carbonyl (C=O) groups excluding carboxylic acids is 1. The summed E-state index contributed by atoms with van der Waals surface area (Å²) in [5.74, 6) is 0. The van der Waals surface area contributed by atoms with Gasteiger partial charge >= 0.3 is 6.03 Å². The molecule has 2 aromatic heterocycles. The van der Waals surface area contributed by atoms with Gasteiger partial charge in [0.15, 0.2) is 0 Å². The minimum atomic E-state index is -0.400. The summed E-state index contributed by atoms with van der Waals surface area (Å²) < 4.78 is 5.97. The van der Waals surface area contributed by atoms with E-state index >= 15 is 0 Å². The number of nitrogens with zero attached hydrogens (tertiary/aromatic N) is 4. The molecule has 1 unspecified atom stereocenters. The molecule has 3 N–H and O–H groups in total. The molecular formula is C24H20N6O2S. The van der Waals surface area contributed by atoms with E-state index in [2.05, 4.69) is 35.3 Å². The fraction of sp³-hybridized carbons (Fsp3) is 0.250. The van der Waals surface area contributed by atoms with E-state index in [1.807, 2.05) is 24.4 Å². The molecular weight excluding hydrogens is 436 g/mol. The number of aryl methyl sites for hydroxylation is 1. The number of nitrogens with two attached hydrogens (primary N) is 1. The van der Waals surface area contributed by atoms with Crippen LogP contribution in [0.15, 0.2) is 42.6 Å². The van der Waals surface area contributed by atoms with E-state index in [4.69, 9.17) is 15.5 Å². The van der Waals surface area contributed by atoms with Gasteiger partial charge in [-0.2, -0.15) is 10.4 Å². The van der Waals surface area contributed by atoms with Gasteiger partial charge in [0, 0.05) is 24.0 Å². The highest BCUT2D eigenvalue weighted by Gasteiger charge is 2.59.